The molecule has 0 aromatic carbocycles. The van der Waals surface area contributed by atoms with E-state index in [1.165, 1.54) is 0 Å². The summed E-state index contributed by atoms with van der Waals surface area (Å²) >= 11 is 0. The van der Waals surface area contributed by atoms with E-state index in [0.717, 1.165) is 0 Å². The van der Waals surface area contributed by atoms with Crippen molar-refractivity contribution in [2.24, 2.45) is 10.8 Å². The predicted octanol–water partition coefficient (Wildman–Crippen LogP) is -0.768. The van der Waals surface area contributed by atoms with E-state index >= 15 is 0 Å². The van der Waals surface area contributed by atoms with E-state index in [9.17, 15) is 10.2 Å². The minimum atomic E-state index is -1.09. The second-order valence-corrected chi connectivity index (χ2v) is 4.26. The molecule has 98 valence electrons. The number of aliphatic hydroxyl groups is 3. The van der Waals surface area contributed by atoms with Crippen LogP contribution >= 0.6 is 0 Å². The van der Waals surface area contributed by atoms with Gasteiger partial charge in [0, 0.05) is 11.0 Å². The Labute approximate surface area is 98.6 Å². The van der Waals surface area contributed by atoms with E-state index in [1.54, 1.807) is 6.92 Å². The summed E-state index contributed by atoms with van der Waals surface area (Å²) in [6.45, 7) is 1.65. The molecular weight excluding hydrogens is 228 g/mol. The lowest BCUT2D eigenvalue weighted by Crippen LogP contribution is -2.34. The van der Waals surface area contributed by atoms with Crippen LogP contribution in [-0.4, -0.2) is 52.0 Å². The molecule has 0 bridgehead atoms. The molecule has 0 amide bonds. The number of hydrogen-bond donors (Lipinski definition) is 4. The van der Waals surface area contributed by atoms with E-state index in [1.807, 2.05) is 0 Å². The van der Waals surface area contributed by atoms with Gasteiger partial charge in [0.25, 0.3) is 0 Å². The number of aliphatic hydroxyl groups excluding tert-OH is 3. The Morgan fingerprint density at radius 1 is 1.47 bits per heavy atom. The zero-order chi connectivity index (χ0) is 13.0. The molecule has 0 spiro atoms. The second-order valence-electron chi connectivity index (χ2n) is 4.26. The first-order chi connectivity index (χ1) is 7.95. The molecule has 0 aliphatic carbocycles. The largest absolute Gasteiger partial charge is 0.388 e. The molecule has 6 atom stereocenters. The highest BCUT2D eigenvalue weighted by Crippen LogP contribution is 2.25. The van der Waals surface area contributed by atoms with E-state index in [2.05, 4.69) is 10.0 Å². The van der Waals surface area contributed by atoms with Gasteiger partial charge in [0.1, 0.15) is 18.4 Å². The van der Waals surface area contributed by atoms with Crippen LogP contribution in [0.3, 0.4) is 0 Å². The number of nitrogens with two attached hydrogens (primary N) is 1. The van der Waals surface area contributed by atoms with Crippen LogP contribution in [-0.2, 0) is 4.74 Å². The van der Waals surface area contributed by atoms with Gasteiger partial charge in [-0.05, 0) is 25.3 Å². The fourth-order valence-electron chi connectivity index (χ4n) is 1.94. The maximum Gasteiger partial charge on any atom is 0.109 e. The van der Waals surface area contributed by atoms with Crippen LogP contribution in [0.15, 0.2) is 5.11 Å². The molecule has 8 heteroatoms. The number of nitrogens with zero attached hydrogens (tertiary/aromatic N) is 3. The van der Waals surface area contributed by atoms with Gasteiger partial charge in [-0.2, -0.15) is 0 Å². The highest BCUT2D eigenvalue weighted by molar-refractivity contribution is 4.91. The number of rotatable bonds is 5. The Morgan fingerprint density at radius 2 is 2.12 bits per heavy atom. The van der Waals surface area contributed by atoms with Crippen molar-refractivity contribution < 1.29 is 20.1 Å². The molecule has 5 N–H and O–H groups in total. The average Bonchev–Trinajstić information content (AvgIpc) is 2.46. The van der Waals surface area contributed by atoms with Gasteiger partial charge in [0.05, 0.1) is 12.2 Å². The molecule has 1 fully saturated rings. The summed E-state index contributed by atoms with van der Waals surface area (Å²) in [6, 6.07) is -0.572. The predicted molar refractivity (Wildman–Crippen MR) is 58.7 cm³/mol. The van der Waals surface area contributed by atoms with Crippen molar-refractivity contribution in [2.45, 2.75) is 56.5 Å². The molecule has 0 radical (unpaired) electrons. The third-order valence-corrected chi connectivity index (χ3v) is 2.83. The summed E-state index contributed by atoms with van der Waals surface area (Å²) in [4.78, 5) is 2.65. The van der Waals surface area contributed by atoms with Gasteiger partial charge in [0.2, 0.25) is 0 Å². The number of azide groups is 1. The SMILES string of the molecule is C[C@@H]1O[C@H](CC(CC(N)O)N=[N+]=[N-])[C@H](O)C1O. The lowest BCUT2D eigenvalue weighted by Gasteiger charge is -2.19. The fraction of sp³-hybridized carbons (Fsp3) is 1.00. The molecule has 1 rings (SSSR count). The smallest absolute Gasteiger partial charge is 0.109 e. The van der Waals surface area contributed by atoms with Gasteiger partial charge >= 0.3 is 0 Å². The Kier molecular flexibility index (Phi) is 5.13. The van der Waals surface area contributed by atoms with Gasteiger partial charge < -0.3 is 25.8 Å². The molecule has 1 saturated heterocycles. The van der Waals surface area contributed by atoms with E-state index in [0.29, 0.717) is 0 Å². The zero-order valence-corrected chi connectivity index (χ0v) is 9.55. The molecule has 0 saturated carbocycles. The van der Waals surface area contributed by atoms with Crippen molar-refractivity contribution in [3.8, 4) is 0 Å². The Bertz CT molecular complexity index is 295. The summed E-state index contributed by atoms with van der Waals surface area (Å²) in [5, 5.41) is 31.7. The minimum absolute atomic E-state index is 0.0844. The zero-order valence-electron chi connectivity index (χ0n) is 9.55. The van der Waals surface area contributed by atoms with Crippen molar-refractivity contribution >= 4 is 0 Å². The van der Waals surface area contributed by atoms with Gasteiger partial charge in [-0.15, -0.1) is 0 Å². The highest BCUT2D eigenvalue weighted by Gasteiger charge is 2.40. The summed E-state index contributed by atoms with van der Waals surface area (Å²) in [7, 11) is 0. The summed E-state index contributed by atoms with van der Waals surface area (Å²) in [6.07, 6.45) is -3.85. The maximum absolute atomic E-state index is 9.68. The van der Waals surface area contributed by atoms with Crippen LogP contribution in [0.25, 0.3) is 10.4 Å². The molecule has 1 aliphatic heterocycles. The van der Waals surface area contributed by atoms with E-state index in [4.69, 9.17) is 21.1 Å². The third kappa shape index (κ3) is 3.81. The van der Waals surface area contributed by atoms with Crippen LogP contribution < -0.4 is 5.73 Å². The number of hydrogen-bond acceptors (Lipinski definition) is 6. The first-order valence-electron chi connectivity index (χ1n) is 5.45. The summed E-state index contributed by atoms with van der Waals surface area (Å²) < 4.78 is 5.34. The molecular formula is C9H18N4O4. The topological polar surface area (TPSA) is 145 Å². The second kappa shape index (κ2) is 6.15. The Morgan fingerprint density at radius 3 is 2.53 bits per heavy atom. The van der Waals surface area contributed by atoms with Crippen molar-refractivity contribution in [2.75, 3.05) is 0 Å². The van der Waals surface area contributed by atoms with Gasteiger partial charge in [-0.25, -0.2) is 0 Å². The molecule has 0 aromatic heterocycles. The lowest BCUT2D eigenvalue weighted by atomic mass is 10.0. The minimum Gasteiger partial charge on any atom is -0.388 e. The lowest BCUT2D eigenvalue weighted by molar-refractivity contribution is 0.00466. The molecule has 3 unspecified atom stereocenters. The number of ether oxygens (including phenoxy) is 1. The standard InChI is InChI=1S/C9H18N4O4/c1-4-8(15)9(16)6(17-4)2-5(12-13-11)3-7(10)14/h4-9,14-16H,2-3,10H2,1H3/t4-,5?,6+,7?,8?,9-/m0/s1. The van der Waals surface area contributed by atoms with Gasteiger partial charge in [-0.3, -0.25) is 0 Å². The highest BCUT2D eigenvalue weighted by atomic mass is 16.5. The van der Waals surface area contributed by atoms with Gasteiger partial charge in [0.15, 0.2) is 0 Å². The van der Waals surface area contributed by atoms with Crippen LogP contribution in [0.4, 0.5) is 0 Å². The first-order valence-corrected chi connectivity index (χ1v) is 5.45. The molecule has 8 nitrogen and oxygen atoms in total. The molecule has 1 heterocycles. The quantitative estimate of drug-likeness (QED) is 0.218. The summed E-state index contributed by atoms with van der Waals surface area (Å²) in [5.41, 5.74) is 13.6. The van der Waals surface area contributed by atoms with Crippen LogP contribution in [0.2, 0.25) is 0 Å². The maximum atomic E-state index is 9.68. The van der Waals surface area contributed by atoms with Crippen molar-refractivity contribution in [3.05, 3.63) is 10.4 Å². The van der Waals surface area contributed by atoms with E-state index in [-0.39, 0.29) is 12.8 Å². The third-order valence-electron chi connectivity index (χ3n) is 2.83. The monoisotopic (exact) mass is 246 g/mol. The van der Waals surface area contributed by atoms with Crippen molar-refractivity contribution in [1.29, 1.82) is 0 Å². The van der Waals surface area contributed by atoms with Crippen molar-refractivity contribution in [1.82, 2.24) is 0 Å². The van der Waals surface area contributed by atoms with Crippen LogP contribution in [0.1, 0.15) is 19.8 Å². The Hall–Kier alpha value is -0.890. The summed E-state index contributed by atoms with van der Waals surface area (Å²) in [5.74, 6) is 0. The first kappa shape index (κ1) is 14.2. The van der Waals surface area contributed by atoms with E-state index < -0.39 is 36.7 Å². The average molecular weight is 246 g/mol. The molecule has 17 heavy (non-hydrogen) atoms. The van der Waals surface area contributed by atoms with Crippen molar-refractivity contribution in [3.63, 3.8) is 0 Å². The fourth-order valence-corrected chi connectivity index (χ4v) is 1.94. The van der Waals surface area contributed by atoms with Crippen LogP contribution in [0, 0.1) is 0 Å². The Balaban J connectivity index is 2.58. The van der Waals surface area contributed by atoms with Crippen LogP contribution in [0.5, 0.6) is 0 Å². The molecule has 1 aliphatic rings. The molecule has 0 aromatic rings. The van der Waals surface area contributed by atoms with Gasteiger partial charge in [-0.1, -0.05) is 5.11 Å². The normalized spacial score (nSPS) is 36.3.